The number of allylic oxidation sites excluding steroid dienone is 1. The van der Waals surface area contributed by atoms with E-state index in [-0.39, 0.29) is 58.2 Å². The van der Waals surface area contributed by atoms with E-state index in [0.29, 0.717) is 11.5 Å². The van der Waals surface area contributed by atoms with Crippen molar-refractivity contribution in [3.8, 4) is 11.5 Å². The van der Waals surface area contributed by atoms with Gasteiger partial charge in [0.15, 0.2) is 32.0 Å². The van der Waals surface area contributed by atoms with Crippen LogP contribution >= 0.6 is 12.2 Å². The van der Waals surface area contributed by atoms with Crippen molar-refractivity contribution in [2.45, 2.75) is 77.0 Å². The maximum atomic E-state index is 11.7. The van der Waals surface area contributed by atoms with E-state index in [1.165, 1.54) is 6.92 Å². The molecular weight excluding hydrogens is 504 g/mol. The first-order valence-corrected chi connectivity index (χ1v) is 16.3. The van der Waals surface area contributed by atoms with E-state index in [0.717, 1.165) is 24.0 Å². The van der Waals surface area contributed by atoms with E-state index >= 15 is 0 Å². The second kappa shape index (κ2) is 10.2. The first-order chi connectivity index (χ1) is 17.3. The van der Waals surface area contributed by atoms with Gasteiger partial charge in [0.2, 0.25) is 0 Å². The lowest BCUT2D eigenvalue weighted by Crippen LogP contribution is -2.57. The van der Waals surface area contributed by atoms with Crippen molar-refractivity contribution in [1.29, 1.82) is 0 Å². The van der Waals surface area contributed by atoms with Crippen LogP contribution in [0.25, 0.3) is 0 Å². The Bertz CT molecular complexity index is 1090. The van der Waals surface area contributed by atoms with Gasteiger partial charge in [0.1, 0.15) is 0 Å². The molecule has 2 saturated carbocycles. The van der Waals surface area contributed by atoms with Crippen LogP contribution in [-0.2, 0) is 25.1 Å². The van der Waals surface area contributed by atoms with Gasteiger partial charge in [-0.05, 0) is 77.9 Å². The predicted molar refractivity (Wildman–Crippen MR) is 150 cm³/mol. The normalized spacial score (nSPS) is 31.2. The Morgan fingerprint density at radius 2 is 1.95 bits per heavy atom. The zero-order valence-corrected chi connectivity index (χ0v) is 24.9. The Balaban J connectivity index is 1.73. The van der Waals surface area contributed by atoms with Crippen molar-refractivity contribution >= 4 is 31.7 Å². The van der Waals surface area contributed by atoms with Gasteiger partial charge in [-0.2, -0.15) is 0 Å². The first kappa shape index (κ1) is 27.9. The molecule has 202 valence electrons. The average molecular weight is 545 g/mol. The molecule has 7 atom stereocenters. The highest BCUT2D eigenvalue weighted by molar-refractivity contribution is 7.79. The number of carbonyl (C=O) groups excluding carboxylic acids is 1. The molecule has 0 radical (unpaired) electrons. The van der Waals surface area contributed by atoms with Crippen LogP contribution in [0.4, 0.5) is 0 Å². The van der Waals surface area contributed by atoms with Crippen molar-refractivity contribution in [3.05, 3.63) is 48.6 Å². The summed E-state index contributed by atoms with van der Waals surface area (Å²) in [5, 5.41) is 0.209. The fraction of sp³-hybridized carbons (Fsp3) is 0.586. The summed E-state index contributed by atoms with van der Waals surface area (Å²) < 4.78 is 30.1. The molecular formula is C29H40O6SSi. The van der Waals surface area contributed by atoms with Gasteiger partial charge in [-0.3, -0.25) is 4.79 Å². The predicted octanol–water partition coefficient (Wildman–Crippen LogP) is 6.25. The summed E-state index contributed by atoms with van der Waals surface area (Å²) in [6, 6.07) is 5.80. The van der Waals surface area contributed by atoms with Crippen LogP contribution in [0.15, 0.2) is 43.0 Å². The van der Waals surface area contributed by atoms with Crippen LogP contribution in [0.5, 0.6) is 11.5 Å². The molecule has 1 aliphatic heterocycles. The van der Waals surface area contributed by atoms with Crippen LogP contribution in [0.2, 0.25) is 18.1 Å². The van der Waals surface area contributed by atoms with Gasteiger partial charge in [-0.25, -0.2) is 0 Å². The molecule has 1 aromatic carbocycles. The molecule has 8 heteroatoms. The maximum Gasteiger partial charge on any atom is 0.353 e. The Kier molecular flexibility index (Phi) is 7.67. The highest BCUT2D eigenvalue weighted by Crippen LogP contribution is 2.57. The molecule has 1 heterocycles. The molecule has 4 rings (SSSR count). The number of ether oxygens (including phenoxy) is 4. The molecule has 0 aromatic heterocycles. The molecule has 3 aliphatic rings. The molecule has 0 unspecified atom stereocenters. The number of rotatable bonds is 7. The third kappa shape index (κ3) is 5.25. The zero-order valence-electron chi connectivity index (χ0n) is 23.0. The van der Waals surface area contributed by atoms with Gasteiger partial charge in [0.25, 0.3) is 0 Å². The highest BCUT2D eigenvalue weighted by Gasteiger charge is 2.61. The van der Waals surface area contributed by atoms with E-state index in [1.54, 1.807) is 7.11 Å². The molecule has 6 nitrogen and oxygen atoms in total. The van der Waals surface area contributed by atoms with E-state index in [9.17, 15) is 4.79 Å². The Labute approximate surface area is 227 Å². The topological polar surface area (TPSA) is 63.2 Å². The Morgan fingerprint density at radius 1 is 1.24 bits per heavy atom. The molecule has 3 fully saturated rings. The van der Waals surface area contributed by atoms with Crippen LogP contribution < -0.4 is 9.47 Å². The summed E-state index contributed by atoms with van der Waals surface area (Å²) in [5.74, 6) is 1.43. The number of esters is 1. The van der Waals surface area contributed by atoms with Crippen molar-refractivity contribution in [2.24, 2.45) is 23.7 Å². The minimum Gasteiger partial charge on any atom is -0.493 e. The number of benzene rings is 1. The number of hydrogen-bond acceptors (Lipinski definition) is 7. The van der Waals surface area contributed by atoms with Gasteiger partial charge in [-0.15, -0.1) is 6.58 Å². The summed E-state index contributed by atoms with van der Waals surface area (Å²) in [5.41, 5.74) is 2.09. The lowest BCUT2D eigenvalue weighted by molar-refractivity contribution is -0.132. The highest BCUT2D eigenvalue weighted by atomic mass is 32.1. The number of thiocarbonyl (C=S) groups is 1. The molecule has 0 bridgehead atoms. The van der Waals surface area contributed by atoms with E-state index in [2.05, 4.69) is 53.1 Å². The summed E-state index contributed by atoms with van der Waals surface area (Å²) >= 11 is 5.35. The van der Waals surface area contributed by atoms with Gasteiger partial charge in [0.05, 0.1) is 13.2 Å². The average Bonchev–Trinajstić information content (AvgIpc) is 3.36. The van der Waals surface area contributed by atoms with Gasteiger partial charge < -0.3 is 23.4 Å². The van der Waals surface area contributed by atoms with E-state index in [1.807, 2.05) is 18.2 Å². The van der Waals surface area contributed by atoms with Crippen LogP contribution in [0.3, 0.4) is 0 Å². The standard InChI is InChI=1S/C29H40O6SSi/c1-10-19-15-20(13-18-11-12-21(31-7)22(14-18)32-17(3)30)24-23(19)16(2)25-27(34-28(36)33-25)26(24)35-37(8,9)29(4,5)6/h10-12,14,19-20,23-27H,1-2,13,15H2,3-9H3/t19-,20-,23+,24-,25-,26-,27-/m1/s1. The monoisotopic (exact) mass is 544 g/mol. The lowest BCUT2D eigenvalue weighted by Gasteiger charge is -2.48. The minimum atomic E-state index is -2.16. The molecule has 0 spiro atoms. The summed E-state index contributed by atoms with van der Waals surface area (Å²) in [6.07, 6.45) is 3.00. The van der Waals surface area contributed by atoms with Gasteiger partial charge in [0, 0.05) is 19.1 Å². The second-order valence-corrected chi connectivity index (χ2v) is 17.2. The first-order valence-electron chi connectivity index (χ1n) is 13.0. The zero-order chi connectivity index (χ0) is 27.3. The quantitative estimate of drug-likeness (QED) is 0.132. The number of methoxy groups -OCH3 is 1. The fourth-order valence-corrected chi connectivity index (χ4v) is 7.58. The molecule has 0 N–H and O–H groups in total. The van der Waals surface area contributed by atoms with Crippen LogP contribution in [-0.4, -0.2) is 44.9 Å². The number of fused-ring (bicyclic) bond motifs is 2. The summed E-state index contributed by atoms with van der Waals surface area (Å²) in [6.45, 7) is 21.4. The second-order valence-electron chi connectivity index (χ2n) is 12.1. The van der Waals surface area contributed by atoms with E-state index < -0.39 is 8.32 Å². The summed E-state index contributed by atoms with van der Waals surface area (Å²) in [7, 11) is -0.589. The largest absolute Gasteiger partial charge is 0.493 e. The Morgan fingerprint density at radius 3 is 2.54 bits per heavy atom. The third-order valence-corrected chi connectivity index (χ3v) is 13.4. The molecule has 1 aromatic rings. The number of carbonyl (C=O) groups is 1. The molecule has 37 heavy (non-hydrogen) atoms. The maximum absolute atomic E-state index is 11.7. The number of hydrogen-bond donors (Lipinski definition) is 0. The van der Waals surface area contributed by atoms with Crippen LogP contribution in [0, 0.1) is 23.7 Å². The molecule has 2 aliphatic carbocycles. The molecule has 1 saturated heterocycles. The smallest absolute Gasteiger partial charge is 0.353 e. The van der Waals surface area contributed by atoms with Crippen molar-refractivity contribution < 1.29 is 28.2 Å². The van der Waals surface area contributed by atoms with Crippen molar-refractivity contribution in [3.63, 3.8) is 0 Å². The Hall–Kier alpha value is -2.16. The van der Waals surface area contributed by atoms with Crippen molar-refractivity contribution in [2.75, 3.05) is 7.11 Å². The summed E-state index contributed by atoms with van der Waals surface area (Å²) in [4.78, 5) is 11.7. The SMILES string of the molecule is C=C[C@@H]1C[C@@H](Cc2ccc(OC)c(OC(C)=O)c2)[C@H]2[C@@H](O[Si](C)(C)C(C)(C)C)[C@@H]3OC(=S)O[C@@H]3C(=C)[C@H]21. The van der Waals surface area contributed by atoms with Crippen LogP contribution in [0.1, 0.15) is 39.7 Å². The van der Waals surface area contributed by atoms with Crippen molar-refractivity contribution in [1.82, 2.24) is 0 Å². The third-order valence-electron chi connectivity index (χ3n) is 8.77. The van der Waals surface area contributed by atoms with Gasteiger partial charge >= 0.3 is 11.2 Å². The fourth-order valence-electron chi connectivity index (χ4n) is 6.04. The molecule has 0 amide bonds. The minimum absolute atomic E-state index is 0.0350. The van der Waals surface area contributed by atoms with E-state index in [4.69, 9.17) is 35.6 Å². The lowest BCUT2D eigenvalue weighted by atomic mass is 9.68. The van der Waals surface area contributed by atoms with Gasteiger partial charge in [-0.1, -0.05) is 39.5 Å².